The zero-order valence-electron chi connectivity index (χ0n) is 12.8. The molecule has 7 heteroatoms. The molecule has 0 radical (unpaired) electrons. The number of carbonyl (C=O) groups excluding carboxylic acids is 1. The van der Waals surface area contributed by atoms with E-state index in [4.69, 9.17) is 0 Å². The molecule has 20 heavy (non-hydrogen) atoms. The molecule has 0 aromatic heterocycles. The first-order chi connectivity index (χ1) is 9.39. The van der Waals surface area contributed by atoms with Crippen molar-refractivity contribution in [2.45, 2.75) is 39.0 Å². The molecule has 0 unspecified atom stereocenters. The van der Waals surface area contributed by atoms with Gasteiger partial charge in [0.05, 0.1) is 5.92 Å². The first kappa shape index (κ1) is 17.4. The first-order valence-electron chi connectivity index (χ1n) is 7.35. The third-order valence-electron chi connectivity index (χ3n) is 3.62. The van der Waals surface area contributed by atoms with Gasteiger partial charge in [-0.3, -0.25) is 4.79 Å². The van der Waals surface area contributed by atoms with Crippen molar-refractivity contribution in [2.75, 3.05) is 33.7 Å². The Morgan fingerprint density at radius 3 is 2.65 bits per heavy atom. The average Bonchev–Trinajstić information content (AvgIpc) is 2.43. The van der Waals surface area contributed by atoms with Crippen LogP contribution in [0.3, 0.4) is 0 Å². The van der Waals surface area contributed by atoms with Crippen LogP contribution in [0.4, 0.5) is 0 Å². The minimum atomic E-state index is -3.41. The standard InChI is InChI=1S/C13H27N3O3S/c1-4-5-6-9-14-13(17)12-8-7-10-16(11-12)20(18,19)15(2)3/h12H,4-11H2,1-3H3,(H,14,17)/t12-/m0/s1. The van der Waals surface area contributed by atoms with E-state index in [2.05, 4.69) is 12.2 Å². The van der Waals surface area contributed by atoms with Crippen molar-refractivity contribution < 1.29 is 13.2 Å². The lowest BCUT2D eigenvalue weighted by molar-refractivity contribution is -0.126. The molecular weight excluding hydrogens is 278 g/mol. The van der Waals surface area contributed by atoms with Crippen molar-refractivity contribution in [2.24, 2.45) is 5.92 Å². The fraction of sp³-hybridized carbons (Fsp3) is 0.923. The fourth-order valence-electron chi connectivity index (χ4n) is 2.33. The highest BCUT2D eigenvalue weighted by molar-refractivity contribution is 7.86. The second kappa shape index (κ2) is 7.95. The van der Waals surface area contributed by atoms with Crippen LogP contribution >= 0.6 is 0 Å². The number of nitrogens with zero attached hydrogens (tertiary/aromatic N) is 2. The molecule has 0 saturated carbocycles. The van der Waals surface area contributed by atoms with Gasteiger partial charge in [-0.25, -0.2) is 0 Å². The van der Waals surface area contributed by atoms with Crippen LogP contribution in [0, 0.1) is 5.92 Å². The van der Waals surface area contributed by atoms with E-state index in [1.165, 1.54) is 22.7 Å². The van der Waals surface area contributed by atoms with Crippen LogP contribution in [0.25, 0.3) is 0 Å². The summed E-state index contributed by atoms with van der Waals surface area (Å²) in [6, 6.07) is 0. The minimum Gasteiger partial charge on any atom is -0.356 e. The van der Waals surface area contributed by atoms with Gasteiger partial charge in [0.15, 0.2) is 0 Å². The van der Waals surface area contributed by atoms with Gasteiger partial charge in [-0.15, -0.1) is 0 Å². The maximum atomic E-state index is 12.1. The topological polar surface area (TPSA) is 69.7 Å². The summed E-state index contributed by atoms with van der Waals surface area (Å²) in [6.07, 6.45) is 4.70. The van der Waals surface area contributed by atoms with Crippen LogP contribution in [0.5, 0.6) is 0 Å². The summed E-state index contributed by atoms with van der Waals surface area (Å²) in [7, 11) is -0.374. The third kappa shape index (κ3) is 4.71. The van der Waals surface area contributed by atoms with E-state index >= 15 is 0 Å². The Morgan fingerprint density at radius 1 is 1.35 bits per heavy atom. The van der Waals surface area contributed by atoms with Crippen molar-refractivity contribution >= 4 is 16.1 Å². The molecule has 1 aliphatic heterocycles. The zero-order chi connectivity index (χ0) is 15.2. The van der Waals surface area contributed by atoms with Crippen molar-refractivity contribution in [3.05, 3.63) is 0 Å². The highest BCUT2D eigenvalue weighted by atomic mass is 32.2. The molecule has 118 valence electrons. The highest BCUT2D eigenvalue weighted by Gasteiger charge is 2.33. The summed E-state index contributed by atoms with van der Waals surface area (Å²) in [4.78, 5) is 12.1. The second-order valence-corrected chi connectivity index (χ2v) is 7.63. The summed E-state index contributed by atoms with van der Waals surface area (Å²) < 4.78 is 26.8. The predicted octanol–water partition coefficient (Wildman–Crippen LogP) is 0.811. The Labute approximate surface area is 122 Å². The normalized spacial score (nSPS) is 21.1. The number of carbonyl (C=O) groups is 1. The molecule has 1 saturated heterocycles. The Morgan fingerprint density at radius 2 is 2.05 bits per heavy atom. The lowest BCUT2D eigenvalue weighted by Crippen LogP contribution is -2.48. The molecule has 1 atom stereocenters. The Kier molecular flexibility index (Phi) is 6.91. The largest absolute Gasteiger partial charge is 0.356 e. The van der Waals surface area contributed by atoms with Gasteiger partial charge in [0.1, 0.15) is 0 Å². The van der Waals surface area contributed by atoms with Crippen LogP contribution < -0.4 is 5.32 Å². The molecule has 1 heterocycles. The highest BCUT2D eigenvalue weighted by Crippen LogP contribution is 2.20. The Hall–Kier alpha value is -0.660. The fourth-order valence-corrected chi connectivity index (χ4v) is 3.52. The van der Waals surface area contributed by atoms with Crippen LogP contribution in [-0.2, 0) is 15.0 Å². The maximum Gasteiger partial charge on any atom is 0.281 e. The lowest BCUT2D eigenvalue weighted by atomic mass is 9.99. The van der Waals surface area contributed by atoms with Gasteiger partial charge in [-0.2, -0.15) is 17.0 Å². The van der Waals surface area contributed by atoms with E-state index in [0.717, 1.165) is 32.1 Å². The van der Waals surface area contributed by atoms with Gasteiger partial charge in [0.2, 0.25) is 5.91 Å². The van der Waals surface area contributed by atoms with Gasteiger partial charge in [-0.1, -0.05) is 19.8 Å². The number of hydrogen-bond donors (Lipinski definition) is 1. The van der Waals surface area contributed by atoms with Crippen LogP contribution in [0.2, 0.25) is 0 Å². The summed E-state index contributed by atoms with van der Waals surface area (Å²) in [5.74, 6) is -0.236. The monoisotopic (exact) mass is 305 g/mol. The van der Waals surface area contributed by atoms with Gasteiger partial charge >= 0.3 is 0 Å². The van der Waals surface area contributed by atoms with Crippen molar-refractivity contribution in [3.63, 3.8) is 0 Å². The molecule has 1 amide bonds. The van der Waals surface area contributed by atoms with Crippen LogP contribution in [0.1, 0.15) is 39.0 Å². The van der Waals surface area contributed by atoms with E-state index in [1.807, 2.05) is 0 Å². The van der Waals surface area contributed by atoms with Crippen molar-refractivity contribution in [3.8, 4) is 0 Å². The smallest absolute Gasteiger partial charge is 0.281 e. The van der Waals surface area contributed by atoms with Gasteiger partial charge in [-0.05, 0) is 19.3 Å². The summed E-state index contributed by atoms with van der Waals surface area (Å²) in [6.45, 7) is 3.59. The van der Waals surface area contributed by atoms with E-state index in [0.29, 0.717) is 19.6 Å². The summed E-state index contributed by atoms with van der Waals surface area (Å²) in [5.41, 5.74) is 0. The van der Waals surface area contributed by atoms with Crippen LogP contribution in [-0.4, -0.2) is 56.7 Å². The van der Waals surface area contributed by atoms with Crippen molar-refractivity contribution in [1.82, 2.24) is 13.9 Å². The third-order valence-corrected chi connectivity index (χ3v) is 5.53. The molecule has 0 aromatic carbocycles. The first-order valence-corrected chi connectivity index (χ1v) is 8.74. The van der Waals surface area contributed by atoms with E-state index in [9.17, 15) is 13.2 Å². The number of piperidine rings is 1. The number of hydrogen-bond acceptors (Lipinski definition) is 3. The quantitative estimate of drug-likeness (QED) is 0.708. The van der Waals surface area contributed by atoms with E-state index in [1.54, 1.807) is 0 Å². The van der Waals surface area contributed by atoms with Gasteiger partial charge in [0.25, 0.3) is 10.2 Å². The van der Waals surface area contributed by atoms with E-state index in [-0.39, 0.29) is 11.8 Å². The number of nitrogens with one attached hydrogen (secondary N) is 1. The minimum absolute atomic E-state index is 0.0141. The molecule has 1 N–H and O–H groups in total. The second-order valence-electron chi connectivity index (χ2n) is 5.49. The van der Waals surface area contributed by atoms with Crippen LogP contribution in [0.15, 0.2) is 0 Å². The molecule has 0 aromatic rings. The number of unbranched alkanes of at least 4 members (excludes halogenated alkanes) is 2. The SMILES string of the molecule is CCCCCNC(=O)[C@H]1CCCN(S(=O)(=O)N(C)C)C1. The zero-order valence-corrected chi connectivity index (χ0v) is 13.6. The maximum absolute atomic E-state index is 12.1. The predicted molar refractivity (Wildman–Crippen MR) is 79.4 cm³/mol. The summed E-state index contributed by atoms with van der Waals surface area (Å²) >= 11 is 0. The number of amides is 1. The molecule has 0 spiro atoms. The summed E-state index contributed by atoms with van der Waals surface area (Å²) in [5, 5.41) is 2.91. The molecule has 1 aliphatic rings. The number of rotatable bonds is 7. The molecule has 0 bridgehead atoms. The molecule has 0 aliphatic carbocycles. The molecule has 1 fully saturated rings. The molecule has 1 rings (SSSR count). The van der Waals surface area contributed by atoms with Gasteiger partial charge < -0.3 is 5.32 Å². The lowest BCUT2D eigenvalue weighted by Gasteiger charge is -2.32. The molecule has 6 nitrogen and oxygen atoms in total. The molecular formula is C13H27N3O3S. The Bertz CT molecular complexity index is 409. The Balaban J connectivity index is 2.50. The van der Waals surface area contributed by atoms with Crippen molar-refractivity contribution in [1.29, 1.82) is 0 Å². The average molecular weight is 305 g/mol. The van der Waals surface area contributed by atoms with E-state index < -0.39 is 10.2 Å². The van der Waals surface area contributed by atoms with Gasteiger partial charge in [0, 0.05) is 33.7 Å².